The number of carbonyl (C=O) groups excluding carboxylic acids is 2. The van der Waals surface area contributed by atoms with Gasteiger partial charge < -0.3 is 10.1 Å². The maximum Gasteiger partial charge on any atom is 0.252 e. The molecule has 0 aliphatic rings. The maximum absolute atomic E-state index is 13.1. The van der Waals surface area contributed by atoms with Gasteiger partial charge in [0.2, 0.25) is 0 Å². The van der Waals surface area contributed by atoms with E-state index in [4.69, 9.17) is 4.74 Å². The first-order chi connectivity index (χ1) is 12.1. The lowest BCUT2D eigenvalue weighted by atomic mass is 9.82. The average Bonchev–Trinajstić information content (AvgIpc) is 2.60. The van der Waals surface area contributed by atoms with Gasteiger partial charge in [-0.3, -0.25) is 9.59 Å². The minimum Gasteiger partial charge on any atom is -0.497 e. The maximum atomic E-state index is 13.1. The fourth-order valence-electron chi connectivity index (χ4n) is 2.82. The van der Waals surface area contributed by atoms with E-state index in [-0.39, 0.29) is 11.7 Å². The van der Waals surface area contributed by atoms with Gasteiger partial charge in [0.1, 0.15) is 5.75 Å². The topological polar surface area (TPSA) is 55.4 Å². The number of hydrogen-bond donors (Lipinski definition) is 1. The highest BCUT2D eigenvalue weighted by Gasteiger charge is 2.34. The Hall–Kier alpha value is -2.62. The second kappa shape index (κ2) is 7.73. The number of Topliss-reactive ketones (excluding diaryl/α,β-unsaturated/α-hetero) is 1. The normalized spacial score (nSPS) is 12.4. The van der Waals surface area contributed by atoms with E-state index in [1.54, 1.807) is 37.4 Å². The predicted octanol–water partition coefficient (Wildman–Crippen LogP) is 4.34. The quantitative estimate of drug-likeness (QED) is 0.814. The summed E-state index contributed by atoms with van der Waals surface area (Å²) in [7, 11) is 1.56. The van der Waals surface area contributed by atoms with Crippen LogP contribution in [0.3, 0.4) is 0 Å². The molecule has 1 amide bonds. The highest BCUT2D eigenvalue weighted by atomic mass is 16.5. The molecular formula is C22H27NO3. The molecule has 0 radical (unpaired) electrons. The summed E-state index contributed by atoms with van der Waals surface area (Å²) in [6.45, 7) is 9.71. The molecule has 0 fully saturated rings. The van der Waals surface area contributed by atoms with Gasteiger partial charge in [-0.2, -0.15) is 0 Å². The lowest BCUT2D eigenvalue weighted by Gasteiger charge is -2.30. The molecule has 26 heavy (non-hydrogen) atoms. The van der Waals surface area contributed by atoms with E-state index >= 15 is 0 Å². The van der Waals surface area contributed by atoms with Crippen molar-refractivity contribution in [1.82, 2.24) is 5.32 Å². The number of rotatable bonds is 5. The van der Waals surface area contributed by atoms with Crippen LogP contribution in [-0.2, 0) is 0 Å². The van der Waals surface area contributed by atoms with Crippen LogP contribution < -0.4 is 10.1 Å². The summed E-state index contributed by atoms with van der Waals surface area (Å²) in [5, 5.41) is 2.95. The molecule has 2 aromatic rings. The second-order valence-electron chi connectivity index (χ2n) is 7.62. The number of benzene rings is 2. The molecule has 0 saturated carbocycles. The lowest BCUT2D eigenvalue weighted by molar-refractivity contribution is 0.0781. The molecule has 0 aliphatic carbocycles. The number of amides is 1. The molecule has 1 unspecified atom stereocenters. The standard InChI is InChI=1S/C22H27NO3/c1-14-9-7-12-18(15(14)2)21(25)23-20(22(3,4)5)19(24)16-10-8-11-17(13-16)26-6/h7-13,20H,1-6H3,(H,23,25). The monoisotopic (exact) mass is 353 g/mol. The number of carbonyl (C=O) groups is 2. The van der Waals surface area contributed by atoms with E-state index in [0.717, 1.165) is 11.1 Å². The molecule has 0 bridgehead atoms. The van der Waals surface area contributed by atoms with Crippen LogP contribution in [0, 0.1) is 19.3 Å². The van der Waals surface area contributed by atoms with Gasteiger partial charge in [0.15, 0.2) is 5.78 Å². The number of aryl methyl sites for hydroxylation is 1. The highest BCUT2D eigenvalue weighted by Crippen LogP contribution is 2.25. The van der Waals surface area contributed by atoms with Crippen molar-refractivity contribution in [2.45, 2.75) is 40.7 Å². The van der Waals surface area contributed by atoms with Crippen molar-refractivity contribution in [3.05, 3.63) is 64.7 Å². The van der Waals surface area contributed by atoms with Crippen molar-refractivity contribution < 1.29 is 14.3 Å². The molecule has 2 aromatic carbocycles. The Kier molecular flexibility index (Phi) is 5.86. The minimum absolute atomic E-state index is 0.130. The van der Waals surface area contributed by atoms with Gasteiger partial charge in [-0.25, -0.2) is 0 Å². The van der Waals surface area contributed by atoms with Crippen molar-refractivity contribution in [2.75, 3.05) is 7.11 Å². The summed E-state index contributed by atoms with van der Waals surface area (Å²) >= 11 is 0. The molecule has 1 atom stereocenters. The van der Waals surface area contributed by atoms with Crippen molar-refractivity contribution in [3.8, 4) is 5.75 Å². The van der Waals surface area contributed by atoms with Crippen LogP contribution in [0.2, 0.25) is 0 Å². The zero-order valence-electron chi connectivity index (χ0n) is 16.3. The number of hydrogen-bond acceptors (Lipinski definition) is 3. The third-order valence-corrected chi connectivity index (χ3v) is 4.61. The Balaban J connectivity index is 2.34. The SMILES string of the molecule is COc1cccc(C(=O)C(NC(=O)c2cccc(C)c2C)C(C)(C)C)c1. The van der Waals surface area contributed by atoms with Crippen LogP contribution >= 0.6 is 0 Å². The van der Waals surface area contributed by atoms with E-state index < -0.39 is 11.5 Å². The predicted molar refractivity (Wildman–Crippen MR) is 104 cm³/mol. The third kappa shape index (κ3) is 4.31. The van der Waals surface area contributed by atoms with E-state index in [0.29, 0.717) is 16.9 Å². The smallest absolute Gasteiger partial charge is 0.252 e. The molecule has 0 saturated heterocycles. The van der Waals surface area contributed by atoms with Gasteiger partial charge in [-0.1, -0.05) is 45.0 Å². The summed E-state index contributed by atoms with van der Waals surface area (Å²) in [5.41, 5.74) is 2.65. The minimum atomic E-state index is -0.651. The van der Waals surface area contributed by atoms with Gasteiger partial charge in [0.05, 0.1) is 13.2 Å². The molecule has 0 aliphatic heterocycles. The van der Waals surface area contributed by atoms with Gasteiger partial charge >= 0.3 is 0 Å². The Morgan fingerprint density at radius 2 is 1.69 bits per heavy atom. The Labute approximate surface area is 155 Å². The largest absolute Gasteiger partial charge is 0.497 e. The zero-order chi connectivity index (χ0) is 19.5. The molecule has 0 heterocycles. The zero-order valence-corrected chi connectivity index (χ0v) is 16.3. The fraction of sp³-hybridized carbons (Fsp3) is 0.364. The molecule has 4 nitrogen and oxygen atoms in total. The summed E-state index contributed by atoms with van der Waals surface area (Å²) in [5.74, 6) is 0.252. The van der Waals surface area contributed by atoms with E-state index in [9.17, 15) is 9.59 Å². The molecular weight excluding hydrogens is 326 g/mol. The van der Waals surface area contributed by atoms with Crippen LogP contribution in [-0.4, -0.2) is 24.8 Å². The number of ether oxygens (including phenoxy) is 1. The van der Waals surface area contributed by atoms with Crippen LogP contribution in [0.5, 0.6) is 5.75 Å². The van der Waals surface area contributed by atoms with Gasteiger partial charge in [0.25, 0.3) is 5.91 Å². The third-order valence-electron chi connectivity index (χ3n) is 4.61. The summed E-state index contributed by atoms with van der Waals surface area (Å²) in [6.07, 6.45) is 0. The molecule has 0 spiro atoms. The average molecular weight is 353 g/mol. The van der Waals surface area contributed by atoms with Crippen LogP contribution in [0.15, 0.2) is 42.5 Å². The molecule has 138 valence electrons. The number of ketones is 1. The molecule has 0 aromatic heterocycles. The van der Waals surface area contributed by atoms with Crippen molar-refractivity contribution >= 4 is 11.7 Å². The Morgan fingerprint density at radius 3 is 2.31 bits per heavy atom. The summed E-state index contributed by atoms with van der Waals surface area (Å²) in [6, 6.07) is 12.0. The number of methoxy groups -OCH3 is 1. The van der Waals surface area contributed by atoms with Gasteiger partial charge in [-0.05, 0) is 48.6 Å². The van der Waals surface area contributed by atoms with Gasteiger partial charge in [-0.15, -0.1) is 0 Å². The molecule has 4 heteroatoms. The fourth-order valence-corrected chi connectivity index (χ4v) is 2.82. The molecule has 1 N–H and O–H groups in total. The van der Waals surface area contributed by atoms with E-state index in [2.05, 4.69) is 5.32 Å². The number of nitrogens with one attached hydrogen (secondary N) is 1. The first kappa shape index (κ1) is 19.7. The lowest BCUT2D eigenvalue weighted by Crippen LogP contribution is -2.49. The van der Waals surface area contributed by atoms with Crippen LogP contribution in [0.1, 0.15) is 52.6 Å². The van der Waals surface area contributed by atoms with Crippen molar-refractivity contribution in [3.63, 3.8) is 0 Å². The van der Waals surface area contributed by atoms with Crippen LogP contribution in [0.4, 0.5) is 0 Å². The first-order valence-corrected chi connectivity index (χ1v) is 8.70. The summed E-state index contributed by atoms with van der Waals surface area (Å²) < 4.78 is 5.21. The van der Waals surface area contributed by atoms with Crippen molar-refractivity contribution in [2.24, 2.45) is 5.41 Å². The van der Waals surface area contributed by atoms with Crippen LogP contribution in [0.25, 0.3) is 0 Å². The first-order valence-electron chi connectivity index (χ1n) is 8.70. The Morgan fingerprint density at radius 1 is 1.04 bits per heavy atom. The Bertz CT molecular complexity index is 818. The van der Waals surface area contributed by atoms with E-state index in [1.807, 2.05) is 46.8 Å². The van der Waals surface area contributed by atoms with E-state index in [1.165, 1.54) is 0 Å². The highest BCUT2D eigenvalue weighted by molar-refractivity contribution is 6.05. The van der Waals surface area contributed by atoms with Gasteiger partial charge in [0, 0.05) is 11.1 Å². The molecule has 2 rings (SSSR count). The van der Waals surface area contributed by atoms with Crippen molar-refractivity contribution in [1.29, 1.82) is 0 Å². The second-order valence-corrected chi connectivity index (χ2v) is 7.62. The summed E-state index contributed by atoms with van der Waals surface area (Å²) in [4.78, 5) is 26.0.